The van der Waals surface area contributed by atoms with Gasteiger partial charge in [0.2, 0.25) is 5.95 Å². The molecule has 2 atom stereocenters. The lowest BCUT2D eigenvalue weighted by Crippen LogP contribution is -2.38. The van der Waals surface area contributed by atoms with Gasteiger partial charge in [0.15, 0.2) is 0 Å². The van der Waals surface area contributed by atoms with Gasteiger partial charge in [0.05, 0.1) is 17.9 Å². The zero-order chi connectivity index (χ0) is 18.6. The summed E-state index contributed by atoms with van der Waals surface area (Å²) in [6.07, 6.45) is 9.44. The Morgan fingerprint density at radius 3 is 2.65 bits per heavy atom. The van der Waals surface area contributed by atoms with Crippen molar-refractivity contribution in [3.8, 4) is 6.07 Å². The molecule has 7 heteroatoms. The molecular formula is C19H29N5O2. The Morgan fingerprint density at radius 2 is 2.00 bits per heavy atom. The molecule has 142 valence electrons. The van der Waals surface area contributed by atoms with Gasteiger partial charge in [0.25, 0.3) is 0 Å². The number of nitrogens with zero attached hydrogens (tertiary/aromatic N) is 3. The van der Waals surface area contributed by atoms with E-state index in [1.807, 2.05) is 6.92 Å². The highest BCUT2D eigenvalue weighted by Crippen LogP contribution is 2.30. The minimum absolute atomic E-state index is 0.116. The van der Waals surface area contributed by atoms with E-state index in [4.69, 9.17) is 4.74 Å². The van der Waals surface area contributed by atoms with Crippen molar-refractivity contribution in [2.75, 3.05) is 17.7 Å². The van der Waals surface area contributed by atoms with Crippen LogP contribution in [-0.2, 0) is 4.74 Å². The largest absolute Gasteiger partial charge is 0.390 e. The lowest BCUT2D eigenvalue weighted by Gasteiger charge is -2.34. The number of anilines is 2. The van der Waals surface area contributed by atoms with E-state index in [-0.39, 0.29) is 6.04 Å². The molecule has 0 aliphatic heterocycles. The van der Waals surface area contributed by atoms with Gasteiger partial charge in [-0.1, -0.05) is 0 Å². The van der Waals surface area contributed by atoms with Crippen LogP contribution in [0.4, 0.5) is 11.8 Å². The highest BCUT2D eigenvalue weighted by Gasteiger charge is 2.30. The van der Waals surface area contributed by atoms with E-state index < -0.39 is 5.60 Å². The van der Waals surface area contributed by atoms with E-state index in [9.17, 15) is 10.4 Å². The van der Waals surface area contributed by atoms with Crippen molar-refractivity contribution >= 4 is 11.8 Å². The topological polar surface area (TPSA) is 103 Å². The molecule has 2 aliphatic carbocycles. The zero-order valence-electron chi connectivity index (χ0n) is 15.7. The van der Waals surface area contributed by atoms with E-state index in [1.54, 1.807) is 13.3 Å². The van der Waals surface area contributed by atoms with E-state index in [2.05, 4.69) is 26.7 Å². The number of rotatable bonds is 5. The summed E-state index contributed by atoms with van der Waals surface area (Å²) in [6, 6.07) is 2.60. The zero-order valence-corrected chi connectivity index (χ0v) is 15.7. The van der Waals surface area contributed by atoms with Gasteiger partial charge in [-0.15, -0.1) is 0 Å². The lowest BCUT2D eigenvalue weighted by molar-refractivity contribution is 0.0182. The Bertz CT molecular complexity index is 650. The number of hydrogen-bond donors (Lipinski definition) is 3. The van der Waals surface area contributed by atoms with Crippen LogP contribution in [0.25, 0.3) is 0 Å². The smallest absolute Gasteiger partial charge is 0.224 e. The molecule has 2 fully saturated rings. The fourth-order valence-electron chi connectivity index (χ4n) is 4.05. The first-order chi connectivity index (χ1) is 12.5. The van der Waals surface area contributed by atoms with Gasteiger partial charge in [-0.3, -0.25) is 0 Å². The molecule has 0 spiro atoms. The van der Waals surface area contributed by atoms with Gasteiger partial charge in [-0.2, -0.15) is 10.2 Å². The van der Waals surface area contributed by atoms with Crippen LogP contribution in [0.5, 0.6) is 0 Å². The molecule has 0 bridgehead atoms. The predicted octanol–water partition coefficient (Wildman–Crippen LogP) is 2.82. The van der Waals surface area contributed by atoms with Crippen LogP contribution in [0.3, 0.4) is 0 Å². The van der Waals surface area contributed by atoms with Crippen molar-refractivity contribution in [3.63, 3.8) is 0 Å². The highest BCUT2D eigenvalue weighted by molar-refractivity contribution is 5.54. The summed E-state index contributed by atoms with van der Waals surface area (Å²) in [5.74, 6) is 1.10. The van der Waals surface area contributed by atoms with E-state index in [0.29, 0.717) is 35.9 Å². The molecule has 2 saturated carbocycles. The molecule has 26 heavy (non-hydrogen) atoms. The van der Waals surface area contributed by atoms with Gasteiger partial charge in [-0.25, -0.2) is 4.98 Å². The van der Waals surface area contributed by atoms with Crippen LogP contribution in [0, 0.1) is 11.3 Å². The molecule has 0 radical (unpaired) electrons. The second-order valence-electron chi connectivity index (χ2n) is 7.86. The number of nitriles is 1. The second kappa shape index (κ2) is 8.19. The maximum Gasteiger partial charge on any atom is 0.224 e. The first-order valence-electron chi connectivity index (χ1n) is 9.54. The average molecular weight is 359 g/mol. The molecule has 1 unspecified atom stereocenters. The Balaban J connectivity index is 1.66. The number of hydrogen-bond acceptors (Lipinski definition) is 7. The number of ether oxygens (including phenoxy) is 1. The van der Waals surface area contributed by atoms with Crippen molar-refractivity contribution in [2.24, 2.45) is 0 Å². The average Bonchev–Trinajstić information content (AvgIpc) is 2.62. The van der Waals surface area contributed by atoms with Crippen LogP contribution in [0.15, 0.2) is 6.20 Å². The van der Waals surface area contributed by atoms with Gasteiger partial charge in [0, 0.05) is 19.2 Å². The van der Waals surface area contributed by atoms with Crippen LogP contribution < -0.4 is 10.6 Å². The molecule has 1 aromatic rings. The van der Waals surface area contributed by atoms with E-state index >= 15 is 0 Å². The van der Waals surface area contributed by atoms with Crippen LogP contribution >= 0.6 is 0 Å². The summed E-state index contributed by atoms with van der Waals surface area (Å²) in [7, 11) is 1.77. The maximum atomic E-state index is 10.3. The number of aliphatic hydroxyl groups is 1. The minimum Gasteiger partial charge on any atom is -0.390 e. The molecule has 1 aromatic heterocycles. The summed E-state index contributed by atoms with van der Waals surface area (Å²) >= 11 is 0. The molecule has 0 saturated heterocycles. The first-order valence-corrected chi connectivity index (χ1v) is 9.54. The molecule has 2 aliphatic rings. The summed E-state index contributed by atoms with van der Waals surface area (Å²) in [5, 5.41) is 26.4. The summed E-state index contributed by atoms with van der Waals surface area (Å²) in [5.41, 5.74) is -0.222. The normalized spacial score (nSPS) is 31.8. The van der Waals surface area contributed by atoms with Crippen molar-refractivity contribution in [1.82, 2.24) is 9.97 Å². The van der Waals surface area contributed by atoms with Crippen LogP contribution in [-0.4, -0.2) is 46.0 Å². The Kier molecular flexibility index (Phi) is 5.94. The minimum atomic E-state index is -0.656. The van der Waals surface area contributed by atoms with Crippen LogP contribution in [0.1, 0.15) is 63.9 Å². The molecule has 3 N–H and O–H groups in total. The van der Waals surface area contributed by atoms with Crippen molar-refractivity contribution in [1.29, 1.82) is 5.26 Å². The van der Waals surface area contributed by atoms with E-state index in [1.165, 1.54) is 0 Å². The Hall–Kier alpha value is -1.91. The standard InChI is InChI=1S/C19H29N5O2/c1-19(25)9-3-4-15(10-19)22-17-13(11-20)12-21-18(24-17)23-14-5-7-16(26-2)8-6-14/h12,14-16,25H,3-10H2,1-2H3,(H2,21,22,23,24)/t14?,15-,16?,19?/m1/s1. The Labute approximate surface area is 155 Å². The van der Waals surface area contributed by atoms with E-state index in [0.717, 1.165) is 44.9 Å². The number of methoxy groups -OCH3 is 1. The van der Waals surface area contributed by atoms with Gasteiger partial charge >= 0.3 is 0 Å². The molecular weight excluding hydrogens is 330 g/mol. The third kappa shape index (κ3) is 4.83. The first kappa shape index (κ1) is 18.9. The highest BCUT2D eigenvalue weighted by atomic mass is 16.5. The molecule has 0 amide bonds. The van der Waals surface area contributed by atoms with Crippen molar-refractivity contribution < 1.29 is 9.84 Å². The second-order valence-corrected chi connectivity index (χ2v) is 7.86. The number of aromatic nitrogens is 2. The summed E-state index contributed by atoms with van der Waals surface area (Å²) in [6.45, 7) is 1.87. The fourth-order valence-corrected chi connectivity index (χ4v) is 4.05. The lowest BCUT2D eigenvalue weighted by atomic mass is 9.83. The van der Waals surface area contributed by atoms with Crippen LogP contribution in [0.2, 0.25) is 0 Å². The van der Waals surface area contributed by atoms with Crippen molar-refractivity contribution in [3.05, 3.63) is 11.8 Å². The predicted molar refractivity (Wildman–Crippen MR) is 99.9 cm³/mol. The third-order valence-electron chi connectivity index (χ3n) is 5.54. The van der Waals surface area contributed by atoms with Crippen molar-refractivity contribution in [2.45, 2.75) is 82.1 Å². The van der Waals surface area contributed by atoms with Gasteiger partial charge < -0.3 is 20.5 Å². The molecule has 3 rings (SSSR count). The number of nitrogens with one attached hydrogen (secondary N) is 2. The quantitative estimate of drug-likeness (QED) is 0.743. The monoisotopic (exact) mass is 359 g/mol. The third-order valence-corrected chi connectivity index (χ3v) is 5.54. The fraction of sp³-hybridized carbons (Fsp3) is 0.737. The van der Waals surface area contributed by atoms with Gasteiger partial charge in [0.1, 0.15) is 17.5 Å². The molecule has 1 heterocycles. The summed E-state index contributed by atoms with van der Waals surface area (Å²) in [4.78, 5) is 8.85. The maximum absolute atomic E-state index is 10.3. The molecule has 0 aromatic carbocycles. The SMILES string of the molecule is COC1CCC(Nc2ncc(C#N)c(N[C@@H]3CCCC(C)(O)C3)n2)CC1. The summed E-state index contributed by atoms with van der Waals surface area (Å²) < 4.78 is 5.41. The molecule has 7 nitrogen and oxygen atoms in total. The Morgan fingerprint density at radius 1 is 1.23 bits per heavy atom. The van der Waals surface area contributed by atoms with Gasteiger partial charge in [-0.05, 0) is 58.3 Å².